The standard InChI is InChI=1S/C14H14N2O4/c17-14(18)4-1-10-8-16(9-15-10)11-2-3-12-13(7-11)20-6-5-19-12/h2-3,7-9H,1,4-6H2,(H,17,18). The van der Waals surface area contributed by atoms with Crippen molar-refractivity contribution in [3.05, 3.63) is 36.4 Å². The van der Waals surface area contributed by atoms with Crippen molar-refractivity contribution in [2.75, 3.05) is 13.2 Å². The first-order valence-electron chi connectivity index (χ1n) is 6.37. The van der Waals surface area contributed by atoms with Crippen LogP contribution in [0.15, 0.2) is 30.7 Å². The molecule has 0 atom stereocenters. The van der Waals surface area contributed by atoms with E-state index >= 15 is 0 Å². The lowest BCUT2D eigenvalue weighted by atomic mass is 10.2. The Labute approximate surface area is 115 Å². The van der Waals surface area contributed by atoms with Crippen LogP contribution in [0.25, 0.3) is 5.69 Å². The van der Waals surface area contributed by atoms with Gasteiger partial charge in [-0.2, -0.15) is 0 Å². The summed E-state index contributed by atoms with van der Waals surface area (Å²) in [6, 6.07) is 5.66. The molecule has 0 spiro atoms. The molecule has 1 N–H and O–H groups in total. The Morgan fingerprint density at radius 1 is 1.30 bits per heavy atom. The fourth-order valence-corrected chi connectivity index (χ4v) is 2.06. The maximum atomic E-state index is 10.5. The Kier molecular flexibility index (Phi) is 3.28. The third-order valence-electron chi connectivity index (χ3n) is 3.05. The Bertz CT molecular complexity index is 636. The largest absolute Gasteiger partial charge is 0.486 e. The predicted molar refractivity (Wildman–Crippen MR) is 70.5 cm³/mol. The molecule has 3 rings (SSSR count). The number of hydrogen-bond donors (Lipinski definition) is 1. The minimum absolute atomic E-state index is 0.0815. The molecule has 1 aromatic carbocycles. The minimum Gasteiger partial charge on any atom is -0.486 e. The molecule has 0 saturated heterocycles. The van der Waals surface area contributed by atoms with E-state index in [1.807, 2.05) is 29.0 Å². The third kappa shape index (κ3) is 2.59. The van der Waals surface area contributed by atoms with Gasteiger partial charge >= 0.3 is 5.97 Å². The van der Waals surface area contributed by atoms with Crippen molar-refractivity contribution in [1.29, 1.82) is 0 Å². The first-order valence-corrected chi connectivity index (χ1v) is 6.37. The van der Waals surface area contributed by atoms with Crippen LogP contribution in [-0.4, -0.2) is 33.8 Å². The van der Waals surface area contributed by atoms with Gasteiger partial charge in [-0.15, -0.1) is 0 Å². The van der Waals surface area contributed by atoms with Crippen LogP contribution in [0.5, 0.6) is 11.5 Å². The molecular weight excluding hydrogens is 260 g/mol. The van der Waals surface area contributed by atoms with Gasteiger partial charge in [0.1, 0.15) is 13.2 Å². The molecule has 1 aliphatic heterocycles. The molecule has 20 heavy (non-hydrogen) atoms. The zero-order chi connectivity index (χ0) is 13.9. The summed E-state index contributed by atoms with van der Waals surface area (Å²) in [5.41, 5.74) is 1.66. The lowest BCUT2D eigenvalue weighted by Crippen LogP contribution is -2.15. The molecule has 6 heteroatoms. The molecule has 1 aliphatic rings. The second kappa shape index (κ2) is 5.24. The molecule has 0 radical (unpaired) electrons. The SMILES string of the molecule is O=C(O)CCc1cn(-c2ccc3c(c2)OCCO3)cn1. The van der Waals surface area contributed by atoms with E-state index in [2.05, 4.69) is 4.98 Å². The summed E-state index contributed by atoms with van der Waals surface area (Å²) in [6.45, 7) is 1.11. The van der Waals surface area contributed by atoms with Gasteiger partial charge in [0.25, 0.3) is 0 Å². The summed E-state index contributed by atoms with van der Waals surface area (Å²) in [4.78, 5) is 14.7. The van der Waals surface area contributed by atoms with Gasteiger partial charge in [-0.05, 0) is 12.1 Å². The minimum atomic E-state index is -0.820. The number of aliphatic carboxylic acids is 1. The van der Waals surface area contributed by atoms with Gasteiger partial charge in [-0.25, -0.2) is 4.98 Å². The number of carboxylic acid groups (broad SMARTS) is 1. The monoisotopic (exact) mass is 274 g/mol. The number of ether oxygens (including phenoxy) is 2. The van der Waals surface area contributed by atoms with Crippen molar-refractivity contribution in [1.82, 2.24) is 9.55 Å². The van der Waals surface area contributed by atoms with Crippen molar-refractivity contribution >= 4 is 5.97 Å². The van der Waals surface area contributed by atoms with Crippen molar-refractivity contribution in [2.24, 2.45) is 0 Å². The quantitative estimate of drug-likeness (QED) is 0.917. The van der Waals surface area contributed by atoms with Gasteiger partial charge in [0.2, 0.25) is 0 Å². The molecule has 1 aromatic heterocycles. The molecule has 0 aliphatic carbocycles. The Hall–Kier alpha value is -2.50. The highest BCUT2D eigenvalue weighted by Gasteiger charge is 2.12. The second-order valence-electron chi connectivity index (χ2n) is 4.49. The van der Waals surface area contributed by atoms with E-state index in [0.717, 1.165) is 22.9 Å². The van der Waals surface area contributed by atoms with Crippen LogP contribution >= 0.6 is 0 Å². The topological polar surface area (TPSA) is 73.6 Å². The van der Waals surface area contributed by atoms with Crippen molar-refractivity contribution in [2.45, 2.75) is 12.8 Å². The summed E-state index contributed by atoms with van der Waals surface area (Å²) in [7, 11) is 0. The molecule has 0 fully saturated rings. The highest BCUT2D eigenvalue weighted by molar-refractivity contribution is 5.66. The van der Waals surface area contributed by atoms with Crippen LogP contribution in [0.3, 0.4) is 0 Å². The molecule has 0 amide bonds. The highest BCUT2D eigenvalue weighted by Crippen LogP contribution is 2.31. The molecule has 2 heterocycles. The van der Waals surface area contributed by atoms with Crippen LogP contribution in [-0.2, 0) is 11.2 Å². The van der Waals surface area contributed by atoms with E-state index in [1.165, 1.54) is 0 Å². The van der Waals surface area contributed by atoms with Gasteiger partial charge in [-0.1, -0.05) is 0 Å². The fourth-order valence-electron chi connectivity index (χ4n) is 2.06. The van der Waals surface area contributed by atoms with Gasteiger partial charge in [0.15, 0.2) is 11.5 Å². The number of imidazole rings is 1. The van der Waals surface area contributed by atoms with E-state index in [1.54, 1.807) is 6.33 Å². The average Bonchev–Trinajstić information content (AvgIpc) is 2.93. The lowest BCUT2D eigenvalue weighted by molar-refractivity contribution is -0.136. The van der Waals surface area contributed by atoms with Crippen molar-refractivity contribution in [3.8, 4) is 17.2 Å². The molecule has 0 bridgehead atoms. The maximum Gasteiger partial charge on any atom is 0.303 e. The molecule has 0 saturated carbocycles. The number of carbonyl (C=O) groups is 1. The first-order chi connectivity index (χ1) is 9.72. The fraction of sp³-hybridized carbons (Fsp3) is 0.286. The van der Waals surface area contributed by atoms with E-state index in [9.17, 15) is 4.79 Å². The van der Waals surface area contributed by atoms with Gasteiger partial charge in [0.05, 0.1) is 24.1 Å². The van der Waals surface area contributed by atoms with Crippen LogP contribution in [0.1, 0.15) is 12.1 Å². The van der Waals surface area contributed by atoms with Crippen molar-refractivity contribution < 1.29 is 19.4 Å². The predicted octanol–water partition coefficient (Wildman–Crippen LogP) is 1.66. The molecule has 0 unspecified atom stereocenters. The van der Waals surface area contributed by atoms with Gasteiger partial charge in [0, 0.05) is 18.7 Å². The Balaban J connectivity index is 1.80. The zero-order valence-corrected chi connectivity index (χ0v) is 10.8. The van der Waals surface area contributed by atoms with Gasteiger partial charge in [-0.3, -0.25) is 4.79 Å². The average molecular weight is 274 g/mol. The molecule has 6 nitrogen and oxygen atoms in total. The number of aryl methyl sites for hydroxylation is 1. The number of rotatable bonds is 4. The van der Waals surface area contributed by atoms with Crippen LogP contribution in [0.4, 0.5) is 0 Å². The van der Waals surface area contributed by atoms with Crippen LogP contribution in [0, 0.1) is 0 Å². The summed E-state index contributed by atoms with van der Waals surface area (Å²) in [5, 5.41) is 8.67. The molecular formula is C14H14N2O4. The van der Waals surface area contributed by atoms with Gasteiger partial charge < -0.3 is 19.1 Å². The number of benzene rings is 1. The normalized spacial score (nSPS) is 13.2. The maximum absolute atomic E-state index is 10.5. The highest BCUT2D eigenvalue weighted by atomic mass is 16.6. The smallest absolute Gasteiger partial charge is 0.303 e. The van der Waals surface area contributed by atoms with Crippen LogP contribution in [0.2, 0.25) is 0 Å². The number of nitrogens with zero attached hydrogens (tertiary/aromatic N) is 2. The third-order valence-corrected chi connectivity index (χ3v) is 3.05. The summed E-state index contributed by atoms with van der Waals surface area (Å²) in [6.07, 6.45) is 4.00. The zero-order valence-electron chi connectivity index (χ0n) is 10.8. The number of fused-ring (bicyclic) bond motifs is 1. The van der Waals surface area contributed by atoms with E-state index in [-0.39, 0.29) is 6.42 Å². The number of aromatic nitrogens is 2. The van der Waals surface area contributed by atoms with Crippen LogP contribution < -0.4 is 9.47 Å². The lowest BCUT2D eigenvalue weighted by Gasteiger charge is -2.18. The summed E-state index contributed by atoms with van der Waals surface area (Å²) in [5.74, 6) is 0.639. The second-order valence-corrected chi connectivity index (χ2v) is 4.49. The summed E-state index contributed by atoms with van der Waals surface area (Å²) >= 11 is 0. The molecule has 2 aromatic rings. The number of carboxylic acids is 1. The van der Waals surface area contributed by atoms with E-state index in [0.29, 0.717) is 19.6 Å². The summed E-state index contributed by atoms with van der Waals surface area (Å²) < 4.78 is 12.8. The Morgan fingerprint density at radius 2 is 2.10 bits per heavy atom. The number of hydrogen-bond acceptors (Lipinski definition) is 4. The Morgan fingerprint density at radius 3 is 2.90 bits per heavy atom. The van der Waals surface area contributed by atoms with E-state index in [4.69, 9.17) is 14.6 Å². The first kappa shape index (κ1) is 12.5. The van der Waals surface area contributed by atoms with Crippen molar-refractivity contribution in [3.63, 3.8) is 0 Å². The molecule has 104 valence electrons. The van der Waals surface area contributed by atoms with E-state index < -0.39 is 5.97 Å².